The molecule has 0 saturated carbocycles. The Kier molecular flexibility index (Phi) is 20.9. The third-order valence-corrected chi connectivity index (χ3v) is 3.74. The summed E-state index contributed by atoms with van der Waals surface area (Å²) in [6.45, 7) is 20.4. The monoisotopic (exact) mass is 431 g/mol. The highest BCUT2D eigenvalue weighted by molar-refractivity contribution is 5.89. The predicted octanol–water partition coefficient (Wildman–Crippen LogP) is 4.51. The van der Waals surface area contributed by atoms with Crippen LogP contribution in [0.4, 0.5) is 4.79 Å². The van der Waals surface area contributed by atoms with E-state index in [2.05, 4.69) is 32.3 Å². The first-order valence-corrected chi connectivity index (χ1v) is 11.0. The Morgan fingerprint density at radius 2 is 1.67 bits per heavy atom. The molecular weight excluding hydrogens is 382 g/mol. The summed E-state index contributed by atoms with van der Waals surface area (Å²) in [4.78, 5) is 39.2. The molecule has 0 spiro atoms. The summed E-state index contributed by atoms with van der Waals surface area (Å²) in [5, 5.41) is 2.49. The van der Waals surface area contributed by atoms with Crippen molar-refractivity contribution < 1.29 is 20.5 Å². The van der Waals surface area contributed by atoms with Gasteiger partial charge >= 0.3 is 6.09 Å². The zero-order valence-electron chi connectivity index (χ0n) is 21.0. The fraction of sp³-hybridized carbons (Fsp3) is 0.783. The molecule has 0 aromatic heterocycles. The van der Waals surface area contributed by atoms with Crippen molar-refractivity contribution >= 4 is 17.8 Å². The first kappa shape index (κ1) is 32.8. The number of likely N-dealkylation sites (tertiary alicyclic amines) is 1. The van der Waals surface area contributed by atoms with Crippen LogP contribution in [0.1, 0.15) is 75.6 Å². The highest BCUT2D eigenvalue weighted by atomic mass is 16.6. The molecule has 180 valence electrons. The van der Waals surface area contributed by atoms with Crippen LogP contribution in [0.2, 0.25) is 0 Å². The van der Waals surface area contributed by atoms with Crippen LogP contribution in [0, 0.1) is 0 Å². The molecule has 0 aromatic carbocycles. The maximum absolute atomic E-state index is 12.3. The van der Waals surface area contributed by atoms with Crippen molar-refractivity contribution in [3.63, 3.8) is 0 Å². The average Bonchev–Trinajstić information content (AvgIpc) is 2.68. The lowest BCUT2D eigenvalue weighted by Gasteiger charge is -2.34. The van der Waals surface area contributed by atoms with Crippen molar-refractivity contribution in [1.29, 1.82) is 0 Å². The molecule has 1 N–H and O–H groups in total. The number of piperidine rings is 1. The van der Waals surface area contributed by atoms with Gasteiger partial charge in [-0.05, 0) is 54.1 Å². The molecule has 30 heavy (non-hydrogen) atoms. The molecular formula is C23H49N3O4. The van der Waals surface area contributed by atoms with E-state index in [1.54, 1.807) is 4.90 Å². The van der Waals surface area contributed by atoms with E-state index in [1.807, 2.05) is 46.7 Å². The number of amides is 2. The number of ketones is 1. The van der Waals surface area contributed by atoms with Gasteiger partial charge in [0.1, 0.15) is 12.1 Å². The number of nitrogens with one attached hydrogen (secondary N) is 1. The lowest BCUT2D eigenvalue weighted by atomic mass is 9.99. The Morgan fingerprint density at radius 1 is 1.17 bits per heavy atom. The van der Waals surface area contributed by atoms with E-state index in [4.69, 9.17) is 4.74 Å². The molecule has 0 radical (unpaired) electrons. The van der Waals surface area contributed by atoms with Gasteiger partial charge in [-0.25, -0.2) is 4.79 Å². The van der Waals surface area contributed by atoms with Crippen molar-refractivity contribution in [3.8, 4) is 0 Å². The minimum absolute atomic E-state index is 0. The maximum atomic E-state index is 12.3. The van der Waals surface area contributed by atoms with Crippen LogP contribution in [0.15, 0.2) is 13.2 Å². The third kappa shape index (κ3) is 16.0. The van der Waals surface area contributed by atoms with Gasteiger partial charge in [-0.2, -0.15) is 0 Å². The predicted molar refractivity (Wildman–Crippen MR) is 128 cm³/mol. The molecule has 1 heterocycles. The fourth-order valence-electron chi connectivity index (χ4n) is 2.98. The summed E-state index contributed by atoms with van der Waals surface area (Å²) >= 11 is 0. The van der Waals surface area contributed by atoms with Crippen LogP contribution in [-0.2, 0) is 14.3 Å². The van der Waals surface area contributed by atoms with Gasteiger partial charge in [0, 0.05) is 14.5 Å². The van der Waals surface area contributed by atoms with Gasteiger partial charge < -0.3 is 19.9 Å². The highest BCUT2D eigenvalue weighted by Crippen LogP contribution is 2.17. The average molecular weight is 432 g/mol. The van der Waals surface area contributed by atoms with E-state index < -0.39 is 11.7 Å². The Balaban J connectivity index is -0.000000407. The Hall–Kier alpha value is -1.89. The number of likely N-dealkylation sites (N-methyl/N-ethyl adjacent to an activating group) is 1. The van der Waals surface area contributed by atoms with Gasteiger partial charge in [0.05, 0.1) is 6.04 Å². The number of ether oxygens (including phenoxy) is 1. The summed E-state index contributed by atoms with van der Waals surface area (Å²) < 4.78 is 5.33. The third-order valence-electron chi connectivity index (χ3n) is 3.74. The van der Waals surface area contributed by atoms with E-state index in [1.165, 1.54) is 13.3 Å². The number of rotatable bonds is 6. The second-order valence-corrected chi connectivity index (χ2v) is 7.66. The minimum atomic E-state index is -0.649. The molecule has 0 aliphatic carbocycles. The molecule has 2 amide bonds. The Morgan fingerprint density at radius 3 is 2.10 bits per heavy atom. The van der Waals surface area contributed by atoms with Gasteiger partial charge in [0.25, 0.3) is 0 Å². The summed E-state index contributed by atoms with van der Waals surface area (Å²) in [6.07, 6.45) is 3.15. The van der Waals surface area contributed by atoms with Crippen LogP contribution in [0.3, 0.4) is 0 Å². The standard InChI is InChI=1S/C16H29N3O4.C3H8.C2H6.C2H4.H2/c1-12(20)13-8-6-7-9-19(13)14(21)10-17-15(22)23-16(2,3)11-18(4)5;1-3-2;2*1-2;/h13H,6-11H2,1-5H3,(H,17,22);3H2,1-2H3;1-2H3;1-2H2;1H/t13-;;;;/m0..../s1. The lowest BCUT2D eigenvalue weighted by molar-refractivity contribution is -0.139. The minimum Gasteiger partial charge on any atom is -0.442 e. The molecule has 1 fully saturated rings. The molecule has 0 bridgehead atoms. The lowest BCUT2D eigenvalue weighted by Crippen LogP contribution is -2.51. The largest absolute Gasteiger partial charge is 0.442 e. The number of hydrogen-bond acceptors (Lipinski definition) is 5. The number of alkyl carbamates (subject to hydrolysis) is 1. The summed E-state index contributed by atoms with van der Waals surface area (Å²) in [6, 6.07) is -0.362. The van der Waals surface area contributed by atoms with Crippen molar-refractivity contribution in [3.05, 3.63) is 13.2 Å². The van der Waals surface area contributed by atoms with Gasteiger partial charge in [-0.1, -0.05) is 34.1 Å². The van der Waals surface area contributed by atoms with Crippen LogP contribution >= 0.6 is 0 Å². The van der Waals surface area contributed by atoms with Crippen LogP contribution < -0.4 is 5.32 Å². The molecule has 1 aliphatic heterocycles. The van der Waals surface area contributed by atoms with Crippen molar-refractivity contribution in [2.24, 2.45) is 0 Å². The maximum Gasteiger partial charge on any atom is 0.408 e. The molecule has 1 atom stereocenters. The summed E-state index contributed by atoms with van der Waals surface area (Å²) in [7, 11) is 3.79. The van der Waals surface area contributed by atoms with Gasteiger partial charge in [0.2, 0.25) is 5.91 Å². The number of Topliss-reactive ketones (excluding diaryl/α,β-unsaturated/α-hetero) is 1. The molecule has 1 aliphatic rings. The Bertz CT molecular complexity index is 485. The molecule has 1 saturated heterocycles. The summed E-state index contributed by atoms with van der Waals surface area (Å²) in [5.74, 6) is -0.250. The molecule has 0 unspecified atom stereocenters. The Labute approximate surface area is 186 Å². The summed E-state index contributed by atoms with van der Waals surface area (Å²) in [5.41, 5.74) is -0.649. The molecule has 1 rings (SSSR count). The fourth-order valence-corrected chi connectivity index (χ4v) is 2.98. The van der Waals surface area contributed by atoms with Gasteiger partial charge in [-0.3, -0.25) is 9.59 Å². The normalized spacial score (nSPS) is 15.3. The SMILES string of the molecule is C=C.CC.CC(=O)[C@@H]1CCCCN1C(=O)CNC(=O)OC(C)(C)CN(C)C.CCC.[HH]. The van der Waals surface area contributed by atoms with Crippen LogP contribution in [0.25, 0.3) is 0 Å². The number of hydrogen-bond donors (Lipinski definition) is 1. The van der Waals surface area contributed by atoms with E-state index >= 15 is 0 Å². The molecule has 0 aromatic rings. The van der Waals surface area contributed by atoms with E-state index in [0.717, 1.165) is 12.8 Å². The van der Waals surface area contributed by atoms with Crippen LogP contribution in [0.5, 0.6) is 0 Å². The molecule has 7 heteroatoms. The van der Waals surface area contributed by atoms with E-state index in [9.17, 15) is 14.4 Å². The van der Waals surface area contributed by atoms with Crippen molar-refractivity contribution in [1.82, 2.24) is 15.1 Å². The van der Waals surface area contributed by atoms with E-state index in [-0.39, 0.29) is 25.7 Å². The van der Waals surface area contributed by atoms with E-state index in [0.29, 0.717) is 19.5 Å². The molecule has 7 nitrogen and oxygen atoms in total. The second-order valence-electron chi connectivity index (χ2n) is 7.66. The van der Waals surface area contributed by atoms with Crippen molar-refractivity contribution in [2.45, 2.75) is 85.8 Å². The first-order valence-electron chi connectivity index (χ1n) is 11.0. The number of carbonyl (C=O) groups excluding carboxylic acids is 3. The van der Waals surface area contributed by atoms with Gasteiger partial charge in [-0.15, -0.1) is 13.2 Å². The first-order chi connectivity index (χ1) is 14.0. The zero-order chi connectivity index (χ0) is 24.3. The van der Waals surface area contributed by atoms with Crippen LogP contribution in [-0.4, -0.2) is 73.0 Å². The number of carbonyl (C=O) groups is 3. The van der Waals surface area contributed by atoms with Crippen molar-refractivity contribution in [2.75, 3.05) is 33.7 Å². The zero-order valence-corrected chi connectivity index (χ0v) is 21.0. The second kappa shape index (κ2) is 19.1. The smallest absolute Gasteiger partial charge is 0.408 e. The quantitative estimate of drug-likeness (QED) is 0.626. The van der Waals surface area contributed by atoms with Gasteiger partial charge in [0.15, 0.2) is 5.78 Å². The highest BCUT2D eigenvalue weighted by Gasteiger charge is 2.30. The number of nitrogens with zero attached hydrogens (tertiary/aromatic N) is 2. The topological polar surface area (TPSA) is 79.0 Å².